The van der Waals surface area contributed by atoms with Crippen LogP contribution in [0.15, 0.2) is 23.1 Å². The van der Waals surface area contributed by atoms with Gasteiger partial charge >= 0.3 is 0 Å². The van der Waals surface area contributed by atoms with Gasteiger partial charge in [0.2, 0.25) is 0 Å². The van der Waals surface area contributed by atoms with Gasteiger partial charge in [0, 0.05) is 22.4 Å². The van der Waals surface area contributed by atoms with Crippen molar-refractivity contribution in [3.05, 3.63) is 28.8 Å². The van der Waals surface area contributed by atoms with Gasteiger partial charge in [-0.1, -0.05) is 4.49 Å². The van der Waals surface area contributed by atoms with Crippen LogP contribution in [0.3, 0.4) is 0 Å². The van der Waals surface area contributed by atoms with Crippen LogP contribution < -0.4 is 10.1 Å². The normalized spacial score (nSPS) is 11.2. The number of nitrogens with one attached hydrogen (secondary N) is 1. The number of nitrogens with zero attached hydrogens (tertiary/aromatic N) is 2. The standard InChI is InChI=1S/C11H10ClN3O4S2/c1-6-10(20-15-14-6)11(16)13-7-3-4-9(21(12,17)18)8(5-7)19-2/h3-5H,1-2H3,(H,13,16). The molecule has 0 fully saturated rings. The predicted molar refractivity (Wildman–Crippen MR) is 78.6 cm³/mol. The lowest BCUT2D eigenvalue weighted by Gasteiger charge is -2.09. The van der Waals surface area contributed by atoms with Crippen LogP contribution in [-0.4, -0.2) is 31.0 Å². The van der Waals surface area contributed by atoms with Crippen molar-refractivity contribution in [1.29, 1.82) is 0 Å². The van der Waals surface area contributed by atoms with Crippen LogP contribution >= 0.6 is 22.2 Å². The number of hydrogen-bond donors (Lipinski definition) is 1. The molecular formula is C11H10ClN3O4S2. The van der Waals surface area contributed by atoms with Gasteiger partial charge in [0.1, 0.15) is 15.5 Å². The summed E-state index contributed by atoms with van der Waals surface area (Å²) in [5, 5.41) is 6.36. The molecule has 0 unspecified atom stereocenters. The minimum Gasteiger partial charge on any atom is -0.495 e. The third kappa shape index (κ3) is 3.49. The van der Waals surface area contributed by atoms with Crippen molar-refractivity contribution in [2.24, 2.45) is 0 Å². The summed E-state index contributed by atoms with van der Waals surface area (Å²) < 4.78 is 31.4. The van der Waals surface area contributed by atoms with Crippen molar-refractivity contribution in [3.63, 3.8) is 0 Å². The summed E-state index contributed by atoms with van der Waals surface area (Å²) in [5.74, 6) is -0.340. The zero-order valence-electron chi connectivity index (χ0n) is 11.0. The Balaban J connectivity index is 2.30. The van der Waals surface area contributed by atoms with Crippen LogP contribution in [0.5, 0.6) is 5.75 Å². The minimum absolute atomic E-state index is 0.0435. The molecule has 112 valence electrons. The lowest BCUT2D eigenvalue weighted by Crippen LogP contribution is -2.12. The fourth-order valence-electron chi connectivity index (χ4n) is 1.57. The van der Waals surface area contributed by atoms with Crippen molar-refractivity contribution in [3.8, 4) is 5.75 Å². The predicted octanol–water partition coefficient (Wildman–Crippen LogP) is 2.03. The smallest absolute Gasteiger partial charge is 0.269 e. The number of carbonyl (C=O) groups is 1. The Bertz CT molecular complexity index is 789. The van der Waals surface area contributed by atoms with E-state index in [1.165, 1.54) is 25.3 Å². The molecule has 0 aliphatic carbocycles. The van der Waals surface area contributed by atoms with E-state index in [2.05, 4.69) is 14.9 Å². The number of anilines is 1. The monoisotopic (exact) mass is 347 g/mol. The third-order valence-corrected chi connectivity index (χ3v) is 4.73. The van der Waals surface area contributed by atoms with E-state index in [0.717, 1.165) is 11.5 Å². The maximum Gasteiger partial charge on any atom is 0.269 e. The molecule has 2 aromatic rings. The maximum absolute atomic E-state index is 12.0. The van der Waals surface area contributed by atoms with Crippen molar-refractivity contribution < 1.29 is 17.9 Å². The second-order valence-electron chi connectivity index (χ2n) is 3.95. The molecule has 7 nitrogen and oxygen atoms in total. The number of hydrogen-bond acceptors (Lipinski definition) is 7. The van der Waals surface area contributed by atoms with Crippen LogP contribution in [0, 0.1) is 6.92 Å². The molecule has 1 amide bonds. The molecule has 21 heavy (non-hydrogen) atoms. The Morgan fingerprint density at radius 2 is 2.14 bits per heavy atom. The number of aromatic nitrogens is 2. The van der Waals surface area contributed by atoms with Crippen LogP contribution in [-0.2, 0) is 9.05 Å². The first kappa shape index (κ1) is 15.7. The van der Waals surface area contributed by atoms with Gasteiger partial charge in [0.15, 0.2) is 0 Å². The quantitative estimate of drug-likeness (QED) is 0.850. The molecule has 0 radical (unpaired) electrons. The lowest BCUT2D eigenvalue weighted by atomic mass is 10.3. The first-order valence-corrected chi connectivity index (χ1v) is 8.64. The minimum atomic E-state index is -3.92. The number of benzene rings is 1. The van der Waals surface area contributed by atoms with Gasteiger partial charge in [-0.3, -0.25) is 4.79 Å². The molecule has 1 N–H and O–H groups in total. The average molecular weight is 348 g/mol. The van der Waals surface area contributed by atoms with Gasteiger partial charge in [-0.2, -0.15) is 0 Å². The van der Waals surface area contributed by atoms with Crippen LogP contribution in [0.4, 0.5) is 5.69 Å². The van der Waals surface area contributed by atoms with Gasteiger partial charge in [-0.15, -0.1) is 5.10 Å². The van der Waals surface area contributed by atoms with Crippen LogP contribution in [0.1, 0.15) is 15.4 Å². The highest BCUT2D eigenvalue weighted by atomic mass is 35.7. The molecule has 0 aliphatic rings. The average Bonchev–Trinajstić information content (AvgIpc) is 2.83. The van der Waals surface area contributed by atoms with Gasteiger partial charge in [-0.05, 0) is 30.6 Å². The van der Waals surface area contributed by atoms with E-state index in [0.29, 0.717) is 16.3 Å². The summed E-state index contributed by atoms with van der Waals surface area (Å²) >= 11 is 0.973. The maximum atomic E-state index is 12.0. The van der Waals surface area contributed by atoms with E-state index in [9.17, 15) is 13.2 Å². The van der Waals surface area contributed by atoms with E-state index in [4.69, 9.17) is 15.4 Å². The summed E-state index contributed by atoms with van der Waals surface area (Å²) in [5.41, 5.74) is 0.887. The fraction of sp³-hybridized carbons (Fsp3) is 0.182. The molecule has 10 heteroatoms. The second kappa shape index (κ2) is 5.96. The van der Waals surface area contributed by atoms with E-state index in [1.54, 1.807) is 6.92 Å². The van der Waals surface area contributed by atoms with E-state index < -0.39 is 9.05 Å². The number of carbonyl (C=O) groups excluding carboxylic acids is 1. The first-order chi connectivity index (χ1) is 9.82. The lowest BCUT2D eigenvalue weighted by molar-refractivity contribution is 0.103. The Morgan fingerprint density at radius 1 is 1.43 bits per heavy atom. The summed E-state index contributed by atoms with van der Waals surface area (Å²) in [7, 11) is 2.68. The molecule has 1 aromatic carbocycles. The zero-order valence-corrected chi connectivity index (χ0v) is 13.3. The summed E-state index contributed by atoms with van der Waals surface area (Å²) in [6, 6.07) is 4.05. The number of amides is 1. The molecule has 2 rings (SSSR count). The Morgan fingerprint density at radius 3 is 2.67 bits per heavy atom. The summed E-state index contributed by atoms with van der Waals surface area (Å²) in [4.78, 5) is 12.2. The molecule has 0 spiro atoms. The van der Waals surface area contributed by atoms with Gasteiger partial charge < -0.3 is 10.1 Å². The Labute approximate surface area is 129 Å². The number of halogens is 1. The largest absolute Gasteiger partial charge is 0.495 e. The van der Waals surface area contributed by atoms with Crippen LogP contribution in [0.25, 0.3) is 0 Å². The number of aryl methyl sites for hydroxylation is 1. The van der Waals surface area contributed by atoms with Gasteiger partial charge in [-0.25, -0.2) is 8.42 Å². The summed E-state index contributed by atoms with van der Waals surface area (Å²) in [6.45, 7) is 1.67. The molecule has 0 atom stereocenters. The van der Waals surface area contributed by atoms with Crippen molar-refractivity contribution in [2.75, 3.05) is 12.4 Å². The van der Waals surface area contributed by atoms with Crippen molar-refractivity contribution in [1.82, 2.24) is 9.59 Å². The second-order valence-corrected chi connectivity index (χ2v) is 7.23. The third-order valence-electron chi connectivity index (χ3n) is 2.54. The van der Waals surface area contributed by atoms with E-state index in [1.807, 2.05) is 0 Å². The highest BCUT2D eigenvalue weighted by molar-refractivity contribution is 8.13. The molecule has 1 aromatic heterocycles. The molecular weight excluding hydrogens is 338 g/mol. The molecule has 0 saturated heterocycles. The number of ether oxygens (including phenoxy) is 1. The summed E-state index contributed by atoms with van der Waals surface area (Å²) in [6.07, 6.45) is 0. The zero-order chi connectivity index (χ0) is 15.6. The molecule has 0 aliphatic heterocycles. The number of rotatable bonds is 4. The Hall–Kier alpha value is -1.71. The highest BCUT2D eigenvalue weighted by Crippen LogP contribution is 2.30. The van der Waals surface area contributed by atoms with Crippen molar-refractivity contribution in [2.45, 2.75) is 11.8 Å². The fourth-order valence-corrected chi connectivity index (χ4v) is 3.12. The van der Waals surface area contributed by atoms with E-state index in [-0.39, 0.29) is 16.6 Å². The van der Waals surface area contributed by atoms with Crippen molar-refractivity contribution >= 4 is 42.9 Å². The number of methoxy groups -OCH3 is 1. The highest BCUT2D eigenvalue weighted by Gasteiger charge is 2.18. The van der Waals surface area contributed by atoms with E-state index >= 15 is 0 Å². The molecule has 0 bridgehead atoms. The van der Waals surface area contributed by atoms with Gasteiger partial charge in [0.25, 0.3) is 15.0 Å². The SMILES string of the molecule is COc1cc(NC(=O)c2snnc2C)ccc1S(=O)(=O)Cl. The van der Waals surface area contributed by atoms with Gasteiger partial charge in [0.05, 0.1) is 12.8 Å². The molecule has 1 heterocycles. The first-order valence-electron chi connectivity index (χ1n) is 5.56. The van der Waals surface area contributed by atoms with Crippen LogP contribution in [0.2, 0.25) is 0 Å². The topological polar surface area (TPSA) is 98.2 Å². The Kier molecular flexibility index (Phi) is 4.45. The molecule has 0 saturated carbocycles.